The minimum absolute atomic E-state index is 0. The van der Waals surface area contributed by atoms with Gasteiger partial charge in [0.05, 0.1) is 29.9 Å². The summed E-state index contributed by atoms with van der Waals surface area (Å²) in [6.45, 7) is 3.78. The molecule has 3 atom stereocenters. The second-order valence-corrected chi connectivity index (χ2v) is 10.7. The number of benzene rings is 1. The summed E-state index contributed by atoms with van der Waals surface area (Å²) in [5.41, 5.74) is 2.69. The molecule has 12 heteroatoms. The molecule has 3 rings (SSSR count). The fraction of sp³-hybridized carbons (Fsp3) is 0.500. The molecule has 0 saturated carbocycles. The van der Waals surface area contributed by atoms with E-state index < -0.39 is 46.4 Å². The Hall–Kier alpha value is -1.63. The van der Waals surface area contributed by atoms with E-state index in [0.717, 1.165) is 10.6 Å². The first kappa shape index (κ1) is 28.6. The SMILES string of the molecule is CC(C)c1nc(N(C)S(C)(=O)=O)nc2c1C[C@H]([C@@H](O)C[C@@H](O)CC(=O)[O-])c1cc(F)ccc1-2.[Na+]. The number of aliphatic hydroxyl groups is 2. The third kappa shape index (κ3) is 6.13. The summed E-state index contributed by atoms with van der Waals surface area (Å²) >= 11 is 0. The van der Waals surface area contributed by atoms with Crippen LogP contribution in [0.4, 0.5) is 10.3 Å². The molecule has 0 fully saturated rings. The van der Waals surface area contributed by atoms with Crippen molar-refractivity contribution in [1.29, 1.82) is 0 Å². The average molecular weight is 504 g/mol. The number of hydrogen-bond donors (Lipinski definition) is 2. The number of carbonyl (C=O) groups excluding carboxylic acids is 1. The summed E-state index contributed by atoms with van der Waals surface area (Å²) in [6, 6.07) is 4.04. The van der Waals surface area contributed by atoms with Crippen LogP contribution in [-0.4, -0.2) is 60.1 Å². The van der Waals surface area contributed by atoms with Crippen molar-refractivity contribution in [3.8, 4) is 11.3 Å². The largest absolute Gasteiger partial charge is 1.00 e. The Labute approximate surface area is 220 Å². The number of sulfonamides is 1. The summed E-state index contributed by atoms with van der Waals surface area (Å²) in [5, 5.41) is 31.7. The van der Waals surface area contributed by atoms with Crippen LogP contribution in [0.1, 0.15) is 55.3 Å². The summed E-state index contributed by atoms with van der Waals surface area (Å²) in [7, 11) is -2.28. The number of hydrogen-bond acceptors (Lipinski definition) is 8. The van der Waals surface area contributed by atoms with Crippen molar-refractivity contribution >= 4 is 21.9 Å². The maximum Gasteiger partial charge on any atom is 1.00 e. The molecule has 180 valence electrons. The van der Waals surface area contributed by atoms with Gasteiger partial charge in [-0.15, -0.1) is 0 Å². The van der Waals surface area contributed by atoms with Gasteiger partial charge >= 0.3 is 29.6 Å². The van der Waals surface area contributed by atoms with Crippen LogP contribution in [0.5, 0.6) is 0 Å². The van der Waals surface area contributed by atoms with Gasteiger partial charge in [0.2, 0.25) is 16.0 Å². The summed E-state index contributed by atoms with van der Waals surface area (Å²) in [5.74, 6) is -2.75. The van der Waals surface area contributed by atoms with Crippen molar-refractivity contribution in [1.82, 2.24) is 9.97 Å². The van der Waals surface area contributed by atoms with Crippen molar-refractivity contribution in [3.63, 3.8) is 0 Å². The molecule has 0 spiro atoms. The zero-order valence-electron chi connectivity index (χ0n) is 19.8. The number of carboxylic acids is 1. The molecule has 1 aliphatic carbocycles. The molecule has 2 aromatic rings. The van der Waals surface area contributed by atoms with Gasteiger partial charge < -0.3 is 20.1 Å². The molecule has 0 unspecified atom stereocenters. The van der Waals surface area contributed by atoms with Crippen molar-refractivity contribution in [2.75, 3.05) is 17.6 Å². The normalized spacial score (nSPS) is 16.8. The predicted octanol–water partition coefficient (Wildman–Crippen LogP) is -2.30. The van der Waals surface area contributed by atoms with E-state index in [9.17, 15) is 32.9 Å². The molecule has 0 saturated heterocycles. The second-order valence-electron chi connectivity index (χ2n) is 8.70. The van der Waals surface area contributed by atoms with E-state index in [2.05, 4.69) is 9.97 Å². The molecule has 1 aromatic heterocycles. The molecule has 0 amide bonds. The first-order valence-electron chi connectivity index (χ1n) is 10.5. The van der Waals surface area contributed by atoms with E-state index in [4.69, 9.17) is 0 Å². The Morgan fingerprint density at radius 1 is 1.29 bits per heavy atom. The predicted molar refractivity (Wildman–Crippen MR) is 117 cm³/mol. The van der Waals surface area contributed by atoms with Crippen LogP contribution < -0.4 is 39.0 Å². The van der Waals surface area contributed by atoms with E-state index >= 15 is 0 Å². The quantitative estimate of drug-likeness (QED) is 0.383. The number of fused-ring (bicyclic) bond motifs is 3. The van der Waals surface area contributed by atoms with Gasteiger partial charge in [-0.3, -0.25) is 0 Å². The molecule has 9 nitrogen and oxygen atoms in total. The summed E-state index contributed by atoms with van der Waals surface area (Å²) < 4.78 is 39.3. The van der Waals surface area contributed by atoms with Crippen LogP contribution in [0, 0.1) is 5.82 Å². The topological polar surface area (TPSA) is 144 Å². The minimum atomic E-state index is -3.63. The van der Waals surface area contributed by atoms with Crippen LogP contribution >= 0.6 is 0 Å². The molecule has 0 bridgehead atoms. The zero-order valence-corrected chi connectivity index (χ0v) is 22.6. The fourth-order valence-corrected chi connectivity index (χ4v) is 4.51. The number of nitrogens with zero attached hydrogens (tertiary/aromatic N) is 3. The van der Waals surface area contributed by atoms with Crippen LogP contribution in [0.25, 0.3) is 11.3 Å². The van der Waals surface area contributed by atoms with Crippen molar-refractivity contribution in [2.45, 2.75) is 57.2 Å². The van der Waals surface area contributed by atoms with E-state index in [1.807, 2.05) is 13.8 Å². The number of aliphatic carboxylic acids is 1. The average Bonchev–Trinajstić information content (AvgIpc) is 2.69. The van der Waals surface area contributed by atoms with Crippen LogP contribution in [0.2, 0.25) is 0 Å². The van der Waals surface area contributed by atoms with Crippen molar-refractivity contribution in [3.05, 3.63) is 40.8 Å². The number of rotatable bonds is 8. The van der Waals surface area contributed by atoms with Gasteiger partial charge in [0.1, 0.15) is 5.82 Å². The Bertz CT molecular complexity index is 1180. The van der Waals surface area contributed by atoms with Gasteiger partial charge in [-0.1, -0.05) is 13.8 Å². The van der Waals surface area contributed by atoms with E-state index in [-0.39, 0.29) is 54.3 Å². The molecular weight excluding hydrogens is 476 g/mol. The maximum atomic E-state index is 14.2. The molecular formula is C22H27FN3NaO6S. The van der Waals surface area contributed by atoms with Gasteiger partial charge in [0.25, 0.3) is 0 Å². The van der Waals surface area contributed by atoms with E-state index in [0.29, 0.717) is 28.1 Å². The molecule has 34 heavy (non-hydrogen) atoms. The number of carbonyl (C=O) groups is 1. The van der Waals surface area contributed by atoms with Crippen molar-refractivity contribution < 1.29 is 62.5 Å². The molecule has 1 aliphatic rings. The van der Waals surface area contributed by atoms with Gasteiger partial charge in [0, 0.05) is 42.9 Å². The fourth-order valence-electron chi connectivity index (χ4n) is 4.13. The Balaban J connectivity index is 0.00000408. The third-order valence-electron chi connectivity index (χ3n) is 5.83. The van der Waals surface area contributed by atoms with Crippen LogP contribution in [-0.2, 0) is 21.2 Å². The number of aromatic nitrogens is 2. The Morgan fingerprint density at radius 3 is 2.50 bits per heavy atom. The third-order valence-corrected chi connectivity index (χ3v) is 6.98. The van der Waals surface area contributed by atoms with E-state index in [1.54, 1.807) is 0 Å². The standard InChI is InChI=1S/C22H28FN3O6S.Na/c1-11(2)20-17-10-16(18(28)8-13(27)9-19(29)30)15-7-12(23)5-6-14(15)21(17)25-22(24-20)26(3)33(4,31)32;/h5-7,11,13,16,18,27-28H,8-10H2,1-4H3,(H,29,30);/q;+1/p-1/t13-,16+,18+;/m1./s1. The van der Waals surface area contributed by atoms with Gasteiger partial charge in [-0.2, -0.15) is 0 Å². The van der Waals surface area contributed by atoms with Crippen LogP contribution in [0.15, 0.2) is 18.2 Å². The summed E-state index contributed by atoms with van der Waals surface area (Å²) in [4.78, 5) is 19.8. The monoisotopic (exact) mass is 503 g/mol. The smallest absolute Gasteiger partial charge is 0.550 e. The molecule has 1 heterocycles. The first-order chi connectivity index (χ1) is 15.3. The first-order valence-corrected chi connectivity index (χ1v) is 12.3. The Morgan fingerprint density at radius 2 is 1.94 bits per heavy atom. The molecule has 2 N–H and O–H groups in total. The van der Waals surface area contributed by atoms with Crippen LogP contribution in [0.3, 0.4) is 0 Å². The minimum Gasteiger partial charge on any atom is -0.550 e. The maximum absolute atomic E-state index is 14.2. The molecule has 0 aliphatic heterocycles. The number of aliphatic hydroxyl groups excluding tert-OH is 2. The van der Waals surface area contributed by atoms with Gasteiger partial charge in [-0.05, 0) is 36.1 Å². The summed E-state index contributed by atoms with van der Waals surface area (Å²) in [6.07, 6.45) is -2.12. The molecule has 0 radical (unpaired) electrons. The van der Waals surface area contributed by atoms with E-state index in [1.165, 1.54) is 25.2 Å². The van der Waals surface area contributed by atoms with Gasteiger partial charge in [0.15, 0.2) is 0 Å². The number of halogens is 1. The van der Waals surface area contributed by atoms with Crippen molar-refractivity contribution in [2.24, 2.45) is 0 Å². The Kier molecular flexibility index (Phi) is 9.22. The second kappa shape index (κ2) is 11.0. The number of anilines is 1. The number of carboxylic acid groups (broad SMARTS) is 1. The zero-order chi connectivity index (χ0) is 24.7. The molecule has 1 aromatic carbocycles. The van der Waals surface area contributed by atoms with Gasteiger partial charge in [-0.25, -0.2) is 27.1 Å².